The molecular weight excluding hydrogens is 302 g/mol. The van der Waals surface area contributed by atoms with E-state index in [-0.39, 0.29) is 5.69 Å². The van der Waals surface area contributed by atoms with E-state index < -0.39 is 4.92 Å². The van der Waals surface area contributed by atoms with Crippen molar-refractivity contribution in [2.24, 2.45) is 5.73 Å². The Bertz CT molecular complexity index is 780. The van der Waals surface area contributed by atoms with Gasteiger partial charge in [-0.3, -0.25) is 10.1 Å². The van der Waals surface area contributed by atoms with Crippen LogP contribution in [0.3, 0.4) is 0 Å². The molecule has 1 aromatic carbocycles. The van der Waals surface area contributed by atoms with E-state index in [9.17, 15) is 10.1 Å². The van der Waals surface area contributed by atoms with Crippen LogP contribution >= 0.6 is 11.3 Å². The van der Waals surface area contributed by atoms with E-state index in [1.54, 1.807) is 28.2 Å². The molecule has 0 aliphatic heterocycles. The summed E-state index contributed by atoms with van der Waals surface area (Å²) in [6, 6.07) is 10.4. The Balaban J connectivity index is 1.92. The summed E-state index contributed by atoms with van der Waals surface area (Å²) in [5, 5.41) is 20.9. The third-order valence-corrected chi connectivity index (χ3v) is 4.11. The molecule has 2 heterocycles. The Morgan fingerprint density at radius 3 is 2.64 bits per heavy atom. The third-order valence-electron chi connectivity index (χ3n) is 3.23. The van der Waals surface area contributed by atoms with Gasteiger partial charge < -0.3 is 5.73 Å². The van der Waals surface area contributed by atoms with Crippen molar-refractivity contribution in [2.45, 2.75) is 13.1 Å². The number of non-ortho nitro benzene ring substituents is 1. The van der Waals surface area contributed by atoms with E-state index in [2.05, 4.69) is 10.3 Å². The predicted octanol–water partition coefficient (Wildman–Crippen LogP) is 2.42. The van der Waals surface area contributed by atoms with Crippen molar-refractivity contribution in [1.82, 2.24) is 15.0 Å². The highest BCUT2D eigenvalue weighted by atomic mass is 32.1. The maximum Gasteiger partial charge on any atom is 0.269 e. The molecule has 2 aromatic heterocycles. The van der Waals surface area contributed by atoms with Crippen LogP contribution in [-0.2, 0) is 13.1 Å². The van der Waals surface area contributed by atoms with Crippen molar-refractivity contribution in [2.75, 3.05) is 0 Å². The number of aromatic nitrogens is 3. The molecule has 22 heavy (non-hydrogen) atoms. The van der Waals surface area contributed by atoms with Crippen LogP contribution in [0, 0.1) is 10.1 Å². The number of benzene rings is 1. The maximum absolute atomic E-state index is 10.7. The Morgan fingerprint density at radius 1 is 1.27 bits per heavy atom. The molecular formula is C14H13N5O2S. The van der Waals surface area contributed by atoms with Crippen molar-refractivity contribution in [3.8, 4) is 10.6 Å². The molecule has 0 atom stereocenters. The average molecular weight is 315 g/mol. The molecule has 0 amide bonds. The smallest absolute Gasteiger partial charge is 0.269 e. The normalized spacial score (nSPS) is 10.8. The van der Waals surface area contributed by atoms with Gasteiger partial charge >= 0.3 is 0 Å². The van der Waals surface area contributed by atoms with Crippen molar-refractivity contribution >= 4 is 17.0 Å². The molecule has 0 fully saturated rings. The van der Waals surface area contributed by atoms with Crippen molar-refractivity contribution < 1.29 is 4.92 Å². The summed E-state index contributed by atoms with van der Waals surface area (Å²) in [5.74, 6) is 0. The van der Waals surface area contributed by atoms with E-state index in [4.69, 9.17) is 5.73 Å². The summed E-state index contributed by atoms with van der Waals surface area (Å²) in [6.45, 7) is 0.797. The van der Waals surface area contributed by atoms with Gasteiger partial charge in [0.1, 0.15) is 11.4 Å². The zero-order valence-corrected chi connectivity index (χ0v) is 12.4. The highest BCUT2D eigenvalue weighted by molar-refractivity contribution is 7.13. The highest BCUT2D eigenvalue weighted by Gasteiger charge is 2.15. The first kappa shape index (κ1) is 14.4. The summed E-state index contributed by atoms with van der Waals surface area (Å²) in [6.07, 6.45) is 0. The molecule has 0 bridgehead atoms. The second-order valence-corrected chi connectivity index (χ2v) is 5.60. The molecule has 0 saturated carbocycles. The zero-order valence-electron chi connectivity index (χ0n) is 11.5. The fourth-order valence-electron chi connectivity index (χ4n) is 2.18. The van der Waals surface area contributed by atoms with Gasteiger partial charge in [-0.15, -0.1) is 16.4 Å². The summed E-state index contributed by atoms with van der Waals surface area (Å²) in [7, 11) is 0. The van der Waals surface area contributed by atoms with Crippen molar-refractivity contribution in [3.63, 3.8) is 0 Å². The highest BCUT2D eigenvalue weighted by Crippen LogP contribution is 2.27. The third kappa shape index (κ3) is 2.74. The van der Waals surface area contributed by atoms with Gasteiger partial charge in [-0.1, -0.05) is 23.4 Å². The number of hydrogen-bond donors (Lipinski definition) is 1. The van der Waals surface area contributed by atoms with E-state index >= 15 is 0 Å². The van der Waals surface area contributed by atoms with Gasteiger partial charge in [-0.05, 0) is 17.0 Å². The van der Waals surface area contributed by atoms with Gasteiger partial charge in [0.2, 0.25) is 0 Å². The van der Waals surface area contributed by atoms with Gasteiger partial charge in [0.25, 0.3) is 5.69 Å². The van der Waals surface area contributed by atoms with Crippen LogP contribution in [0.4, 0.5) is 5.69 Å². The number of rotatable bonds is 5. The summed E-state index contributed by atoms with van der Waals surface area (Å²) < 4.78 is 1.77. The molecule has 0 aliphatic rings. The number of hydrogen-bond acceptors (Lipinski definition) is 6. The minimum Gasteiger partial charge on any atom is -0.325 e. The molecule has 7 nitrogen and oxygen atoms in total. The fourth-order valence-corrected chi connectivity index (χ4v) is 2.97. The molecule has 0 saturated heterocycles. The first-order valence-corrected chi connectivity index (χ1v) is 7.46. The van der Waals surface area contributed by atoms with Crippen LogP contribution in [0.25, 0.3) is 10.6 Å². The van der Waals surface area contributed by atoms with Gasteiger partial charge in [0.05, 0.1) is 16.3 Å². The number of thiophene rings is 1. The summed E-state index contributed by atoms with van der Waals surface area (Å²) in [4.78, 5) is 11.3. The van der Waals surface area contributed by atoms with Gasteiger partial charge in [0.15, 0.2) is 0 Å². The van der Waals surface area contributed by atoms with E-state index in [0.29, 0.717) is 13.1 Å². The maximum atomic E-state index is 10.7. The molecule has 0 aliphatic carbocycles. The van der Waals surface area contributed by atoms with E-state index in [1.165, 1.54) is 12.1 Å². The largest absolute Gasteiger partial charge is 0.325 e. The molecule has 0 unspecified atom stereocenters. The monoisotopic (exact) mass is 315 g/mol. The number of nitrogens with zero attached hydrogens (tertiary/aromatic N) is 4. The summed E-state index contributed by atoms with van der Waals surface area (Å²) >= 11 is 1.60. The lowest BCUT2D eigenvalue weighted by atomic mass is 10.2. The lowest BCUT2D eigenvalue weighted by Crippen LogP contribution is -2.05. The van der Waals surface area contributed by atoms with Crippen LogP contribution < -0.4 is 5.73 Å². The summed E-state index contributed by atoms with van der Waals surface area (Å²) in [5.41, 5.74) is 8.36. The Labute approximate surface area is 130 Å². The topological polar surface area (TPSA) is 99.9 Å². The second-order valence-electron chi connectivity index (χ2n) is 4.65. The molecule has 112 valence electrons. The van der Waals surface area contributed by atoms with Crippen LogP contribution in [0.1, 0.15) is 11.3 Å². The lowest BCUT2D eigenvalue weighted by molar-refractivity contribution is -0.384. The van der Waals surface area contributed by atoms with E-state index in [0.717, 1.165) is 21.8 Å². The van der Waals surface area contributed by atoms with Gasteiger partial charge in [-0.2, -0.15) is 0 Å². The van der Waals surface area contributed by atoms with Crippen LogP contribution in [0.5, 0.6) is 0 Å². The Morgan fingerprint density at radius 2 is 2.05 bits per heavy atom. The number of nitro groups is 1. The minimum atomic E-state index is -0.414. The van der Waals surface area contributed by atoms with Crippen LogP contribution in [0.2, 0.25) is 0 Å². The Hall–Kier alpha value is -2.58. The van der Waals surface area contributed by atoms with Crippen LogP contribution in [-0.4, -0.2) is 19.9 Å². The average Bonchev–Trinajstić information content (AvgIpc) is 3.16. The standard InChI is InChI=1S/C14H13N5O2S/c15-8-12-14(13-2-1-7-22-13)18(17-16-12)9-10-3-5-11(6-4-10)19(20)21/h1-7H,8-9,15H2. The molecule has 3 rings (SSSR count). The molecule has 8 heteroatoms. The fraction of sp³-hybridized carbons (Fsp3) is 0.143. The van der Waals surface area contributed by atoms with Crippen molar-refractivity contribution in [1.29, 1.82) is 0 Å². The van der Waals surface area contributed by atoms with Gasteiger partial charge in [0, 0.05) is 18.7 Å². The van der Waals surface area contributed by atoms with Crippen molar-refractivity contribution in [3.05, 3.63) is 63.1 Å². The Kier molecular flexibility index (Phi) is 3.94. The first-order chi connectivity index (χ1) is 10.7. The molecule has 0 spiro atoms. The minimum absolute atomic E-state index is 0.0727. The predicted molar refractivity (Wildman–Crippen MR) is 83.4 cm³/mol. The SMILES string of the molecule is NCc1nnn(Cc2ccc([N+](=O)[O-])cc2)c1-c1cccs1. The molecule has 2 N–H and O–H groups in total. The first-order valence-electron chi connectivity index (χ1n) is 6.58. The molecule has 0 radical (unpaired) electrons. The van der Waals surface area contributed by atoms with Crippen LogP contribution in [0.15, 0.2) is 41.8 Å². The second kappa shape index (κ2) is 6.04. The zero-order chi connectivity index (χ0) is 15.5. The van der Waals surface area contributed by atoms with Gasteiger partial charge in [-0.25, -0.2) is 4.68 Å². The number of nitro benzene ring substituents is 1. The lowest BCUT2D eigenvalue weighted by Gasteiger charge is -2.06. The quantitative estimate of drug-likeness (QED) is 0.575. The molecule has 3 aromatic rings. The number of nitrogens with two attached hydrogens (primary N) is 1. The van der Waals surface area contributed by atoms with E-state index in [1.807, 2.05) is 17.5 Å².